The van der Waals surface area contributed by atoms with Gasteiger partial charge in [0, 0.05) is 19.1 Å². The lowest BCUT2D eigenvalue weighted by Crippen LogP contribution is -2.48. The van der Waals surface area contributed by atoms with Crippen molar-refractivity contribution in [3.63, 3.8) is 0 Å². The van der Waals surface area contributed by atoms with E-state index in [9.17, 15) is 5.11 Å². The fourth-order valence-electron chi connectivity index (χ4n) is 2.61. The van der Waals surface area contributed by atoms with E-state index >= 15 is 0 Å². The van der Waals surface area contributed by atoms with E-state index in [0.29, 0.717) is 12.6 Å². The zero-order valence-electron chi connectivity index (χ0n) is 11.6. The molecule has 0 saturated carbocycles. The normalized spacial score (nSPS) is 22.3. The minimum atomic E-state index is 0.155. The Morgan fingerprint density at radius 3 is 2.89 bits per heavy atom. The first-order valence-electron chi connectivity index (χ1n) is 7.00. The molecule has 1 heterocycles. The van der Waals surface area contributed by atoms with Gasteiger partial charge in [0.2, 0.25) is 0 Å². The molecule has 0 aliphatic carbocycles. The molecule has 0 bridgehead atoms. The van der Waals surface area contributed by atoms with Crippen LogP contribution in [-0.4, -0.2) is 56.0 Å². The fourth-order valence-corrected chi connectivity index (χ4v) is 2.61. The molecule has 1 aromatic rings. The number of rotatable bonds is 6. The molecule has 0 aromatic heterocycles. The maximum absolute atomic E-state index is 9.36. The third kappa shape index (κ3) is 4.01. The van der Waals surface area contributed by atoms with Gasteiger partial charge in [0.25, 0.3) is 0 Å². The summed E-state index contributed by atoms with van der Waals surface area (Å²) in [4.78, 5) is 2.33. The first kappa shape index (κ1) is 14.5. The van der Waals surface area contributed by atoms with Crippen molar-refractivity contribution in [3.8, 4) is 0 Å². The lowest BCUT2D eigenvalue weighted by molar-refractivity contribution is -0.0285. The van der Waals surface area contributed by atoms with Crippen LogP contribution in [0.25, 0.3) is 0 Å². The van der Waals surface area contributed by atoms with Gasteiger partial charge in [-0.1, -0.05) is 30.3 Å². The van der Waals surface area contributed by atoms with Crippen LogP contribution in [0.1, 0.15) is 18.0 Å². The Bertz CT molecular complexity index is 358. The molecule has 1 aliphatic rings. The van der Waals surface area contributed by atoms with E-state index in [1.807, 2.05) is 13.1 Å². The van der Waals surface area contributed by atoms with Crippen LogP contribution in [0.15, 0.2) is 30.3 Å². The van der Waals surface area contributed by atoms with Crippen molar-refractivity contribution in [1.82, 2.24) is 10.2 Å². The monoisotopic (exact) mass is 264 g/mol. The van der Waals surface area contributed by atoms with Gasteiger partial charge in [-0.25, -0.2) is 0 Å². The zero-order valence-corrected chi connectivity index (χ0v) is 11.6. The van der Waals surface area contributed by atoms with Crippen molar-refractivity contribution in [2.24, 2.45) is 0 Å². The number of nitrogens with zero attached hydrogens (tertiary/aromatic N) is 1. The summed E-state index contributed by atoms with van der Waals surface area (Å²) in [6.07, 6.45) is 1.04. The molecular formula is C15H24N2O2. The number of morpholine rings is 1. The predicted octanol–water partition coefficient (Wildman–Crippen LogP) is 1.03. The second-order valence-electron chi connectivity index (χ2n) is 4.99. The van der Waals surface area contributed by atoms with Gasteiger partial charge in [-0.15, -0.1) is 0 Å². The largest absolute Gasteiger partial charge is 0.395 e. The van der Waals surface area contributed by atoms with Crippen molar-refractivity contribution in [3.05, 3.63) is 35.9 Å². The standard InChI is InChI=1S/C15H24N2O2/c1-16-15(13-5-3-2-4-6-13)7-8-17-9-10-19-12-14(17)11-18/h2-6,14-16,18H,7-12H2,1H3. The van der Waals surface area contributed by atoms with E-state index in [1.165, 1.54) is 5.56 Å². The van der Waals surface area contributed by atoms with Gasteiger partial charge in [0.1, 0.15) is 0 Å². The van der Waals surface area contributed by atoms with E-state index in [2.05, 4.69) is 34.5 Å². The van der Waals surface area contributed by atoms with Crippen LogP contribution in [0, 0.1) is 0 Å². The summed E-state index contributed by atoms with van der Waals surface area (Å²) >= 11 is 0. The third-order valence-corrected chi connectivity index (χ3v) is 3.82. The van der Waals surface area contributed by atoms with E-state index < -0.39 is 0 Å². The second kappa shape index (κ2) is 7.60. The number of benzene rings is 1. The Morgan fingerprint density at radius 2 is 2.21 bits per heavy atom. The Morgan fingerprint density at radius 1 is 1.42 bits per heavy atom. The highest BCUT2D eigenvalue weighted by atomic mass is 16.5. The molecule has 2 rings (SSSR count). The Balaban J connectivity index is 1.89. The molecule has 2 N–H and O–H groups in total. The topological polar surface area (TPSA) is 44.7 Å². The first-order chi connectivity index (χ1) is 9.35. The minimum Gasteiger partial charge on any atom is -0.395 e. The van der Waals surface area contributed by atoms with Crippen LogP contribution in [-0.2, 0) is 4.74 Å². The summed E-state index contributed by atoms with van der Waals surface area (Å²) in [5.41, 5.74) is 1.32. The molecule has 1 aromatic carbocycles. The molecule has 0 spiro atoms. The highest BCUT2D eigenvalue weighted by Gasteiger charge is 2.22. The van der Waals surface area contributed by atoms with Gasteiger partial charge in [0.15, 0.2) is 0 Å². The summed E-state index contributed by atoms with van der Waals surface area (Å²) < 4.78 is 5.40. The van der Waals surface area contributed by atoms with Crippen LogP contribution >= 0.6 is 0 Å². The molecule has 2 atom stereocenters. The smallest absolute Gasteiger partial charge is 0.0644 e. The molecule has 1 saturated heterocycles. The first-order valence-corrected chi connectivity index (χ1v) is 7.00. The number of aliphatic hydroxyl groups is 1. The highest BCUT2D eigenvalue weighted by Crippen LogP contribution is 2.17. The van der Waals surface area contributed by atoms with Gasteiger partial charge >= 0.3 is 0 Å². The molecule has 106 valence electrons. The molecule has 0 radical (unpaired) electrons. The summed E-state index contributed by atoms with van der Waals surface area (Å²) in [7, 11) is 2.00. The molecule has 2 unspecified atom stereocenters. The summed E-state index contributed by atoms with van der Waals surface area (Å²) in [6.45, 7) is 3.49. The van der Waals surface area contributed by atoms with Crippen LogP contribution < -0.4 is 5.32 Å². The lowest BCUT2D eigenvalue weighted by Gasteiger charge is -2.35. The van der Waals surface area contributed by atoms with Crippen molar-refractivity contribution in [2.45, 2.75) is 18.5 Å². The van der Waals surface area contributed by atoms with Crippen LogP contribution in [0.4, 0.5) is 0 Å². The number of ether oxygens (including phenoxy) is 1. The Hall–Kier alpha value is -0.940. The van der Waals surface area contributed by atoms with Crippen molar-refractivity contribution in [2.75, 3.05) is 40.0 Å². The average molecular weight is 264 g/mol. The Labute approximate surface area is 115 Å². The van der Waals surface area contributed by atoms with E-state index in [-0.39, 0.29) is 12.6 Å². The second-order valence-corrected chi connectivity index (χ2v) is 4.99. The number of hydrogen-bond donors (Lipinski definition) is 2. The number of hydrogen-bond acceptors (Lipinski definition) is 4. The highest BCUT2D eigenvalue weighted by molar-refractivity contribution is 5.18. The maximum atomic E-state index is 9.36. The molecule has 4 nitrogen and oxygen atoms in total. The molecule has 19 heavy (non-hydrogen) atoms. The van der Waals surface area contributed by atoms with E-state index in [4.69, 9.17) is 4.74 Å². The fraction of sp³-hybridized carbons (Fsp3) is 0.600. The minimum absolute atomic E-state index is 0.155. The van der Waals surface area contributed by atoms with Crippen molar-refractivity contribution < 1.29 is 9.84 Å². The van der Waals surface area contributed by atoms with Crippen molar-refractivity contribution in [1.29, 1.82) is 0 Å². The summed E-state index contributed by atoms with van der Waals surface area (Å²) in [6, 6.07) is 11.0. The van der Waals surface area contributed by atoms with Crippen LogP contribution in [0.5, 0.6) is 0 Å². The molecule has 1 fully saturated rings. The van der Waals surface area contributed by atoms with Crippen LogP contribution in [0.2, 0.25) is 0 Å². The SMILES string of the molecule is CNC(CCN1CCOCC1CO)c1ccccc1. The van der Waals surface area contributed by atoms with Gasteiger partial charge in [-0.3, -0.25) is 4.90 Å². The number of aliphatic hydroxyl groups excluding tert-OH is 1. The van der Waals surface area contributed by atoms with Gasteiger partial charge in [-0.05, 0) is 19.0 Å². The van der Waals surface area contributed by atoms with E-state index in [1.54, 1.807) is 0 Å². The van der Waals surface area contributed by atoms with Gasteiger partial charge in [-0.2, -0.15) is 0 Å². The molecule has 1 aliphatic heterocycles. The average Bonchev–Trinajstić information content (AvgIpc) is 2.49. The maximum Gasteiger partial charge on any atom is 0.0644 e. The van der Waals surface area contributed by atoms with Crippen LogP contribution in [0.3, 0.4) is 0 Å². The molecule has 4 heteroatoms. The van der Waals surface area contributed by atoms with Gasteiger partial charge < -0.3 is 15.2 Å². The lowest BCUT2D eigenvalue weighted by atomic mass is 10.0. The van der Waals surface area contributed by atoms with Gasteiger partial charge in [0.05, 0.1) is 25.9 Å². The molecule has 0 amide bonds. The summed E-state index contributed by atoms with van der Waals surface area (Å²) in [5, 5.41) is 12.7. The number of nitrogens with one attached hydrogen (secondary N) is 1. The van der Waals surface area contributed by atoms with E-state index in [0.717, 1.165) is 26.1 Å². The Kier molecular flexibility index (Phi) is 5.79. The predicted molar refractivity (Wildman–Crippen MR) is 76.1 cm³/mol. The zero-order chi connectivity index (χ0) is 13.5. The third-order valence-electron chi connectivity index (χ3n) is 3.82. The quantitative estimate of drug-likeness (QED) is 0.805. The van der Waals surface area contributed by atoms with Crippen molar-refractivity contribution >= 4 is 0 Å². The summed E-state index contributed by atoms with van der Waals surface area (Å²) in [5.74, 6) is 0. The molecular weight excluding hydrogens is 240 g/mol.